The molecule has 2 aromatic rings. The minimum absolute atomic E-state index is 0.0984. The lowest BCUT2D eigenvalue weighted by atomic mass is 10.1. The maximum Gasteiger partial charge on any atom is 0.253 e. The van der Waals surface area contributed by atoms with Crippen molar-refractivity contribution in [1.82, 2.24) is 15.1 Å². The van der Waals surface area contributed by atoms with Crippen LogP contribution in [0.25, 0.3) is 10.9 Å². The normalized spacial score (nSPS) is 9.00. The van der Waals surface area contributed by atoms with E-state index in [4.69, 9.17) is 0 Å². The van der Waals surface area contributed by atoms with Gasteiger partial charge in [0.15, 0.2) is 0 Å². The van der Waals surface area contributed by atoms with Crippen molar-refractivity contribution in [2.24, 2.45) is 7.05 Å². The van der Waals surface area contributed by atoms with Crippen molar-refractivity contribution < 1.29 is 4.79 Å². The van der Waals surface area contributed by atoms with E-state index in [1.807, 2.05) is 60.0 Å². The molecule has 1 heterocycles. The second-order valence-electron chi connectivity index (χ2n) is 3.57. The molecular formula is C15H25N3O. The molecule has 0 aliphatic carbocycles. The second-order valence-corrected chi connectivity index (χ2v) is 3.57. The molecule has 0 aliphatic rings. The molecule has 1 amide bonds. The first-order chi connectivity index (χ1) is 9.13. The zero-order valence-corrected chi connectivity index (χ0v) is 13.0. The fraction of sp³-hybridized carbons (Fsp3) is 0.467. The Balaban J connectivity index is 0.000000741. The highest BCUT2D eigenvalue weighted by atomic mass is 16.1. The second kappa shape index (κ2) is 8.29. The van der Waals surface area contributed by atoms with Crippen molar-refractivity contribution in [3.05, 3.63) is 29.5 Å². The van der Waals surface area contributed by atoms with E-state index in [9.17, 15) is 4.79 Å². The molecule has 0 bridgehead atoms. The van der Waals surface area contributed by atoms with Gasteiger partial charge in [-0.2, -0.15) is 5.10 Å². The zero-order chi connectivity index (χ0) is 15.0. The van der Waals surface area contributed by atoms with Crippen LogP contribution in [-0.2, 0) is 7.05 Å². The van der Waals surface area contributed by atoms with Crippen LogP contribution in [0.2, 0.25) is 0 Å². The minimum atomic E-state index is -0.0984. The molecule has 19 heavy (non-hydrogen) atoms. The summed E-state index contributed by atoms with van der Waals surface area (Å²) in [4.78, 5) is 11.6. The lowest BCUT2D eigenvalue weighted by molar-refractivity contribution is 0.0964. The van der Waals surface area contributed by atoms with Crippen LogP contribution >= 0.6 is 0 Å². The van der Waals surface area contributed by atoms with Gasteiger partial charge in [0.05, 0.1) is 5.56 Å². The summed E-state index contributed by atoms with van der Waals surface area (Å²) in [6.45, 7) is 10.0. The third-order valence-corrected chi connectivity index (χ3v) is 2.48. The molecule has 0 saturated heterocycles. The van der Waals surface area contributed by atoms with Crippen LogP contribution in [0.3, 0.4) is 0 Å². The largest absolute Gasteiger partial charge is 0.355 e. The van der Waals surface area contributed by atoms with Gasteiger partial charge >= 0.3 is 0 Å². The average molecular weight is 263 g/mol. The van der Waals surface area contributed by atoms with Gasteiger partial charge in [-0.3, -0.25) is 9.48 Å². The lowest BCUT2D eigenvalue weighted by Gasteiger charge is -2.01. The number of aromatic nitrogens is 2. The molecule has 4 nitrogen and oxygen atoms in total. The van der Waals surface area contributed by atoms with Crippen LogP contribution in [0, 0.1) is 6.92 Å². The van der Waals surface area contributed by atoms with Crippen molar-refractivity contribution >= 4 is 16.8 Å². The fourth-order valence-electron chi connectivity index (χ4n) is 1.67. The highest BCUT2D eigenvalue weighted by Crippen LogP contribution is 2.20. The van der Waals surface area contributed by atoms with E-state index in [-0.39, 0.29) is 5.91 Å². The Bertz CT molecular complexity index is 529. The van der Waals surface area contributed by atoms with Crippen molar-refractivity contribution in [2.75, 3.05) is 7.05 Å². The Morgan fingerprint density at radius 1 is 1.21 bits per heavy atom. The first-order valence-corrected chi connectivity index (χ1v) is 6.78. The molecule has 2 rings (SSSR count). The topological polar surface area (TPSA) is 46.9 Å². The van der Waals surface area contributed by atoms with Crippen molar-refractivity contribution in [3.8, 4) is 0 Å². The molecular weight excluding hydrogens is 238 g/mol. The van der Waals surface area contributed by atoms with E-state index < -0.39 is 0 Å². The summed E-state index contributed by atoms with van der Waals surface area (Å²) in [7, 11) is 3.48. The molecule has 106 valence electrons. The quantitative estimate of drug-likeness (QED) is 0.858. The fourth-order valence-corrected chi connectivity index (χ4v) is 1.67. The maximum absolute atomic E-state index is 11.6. The molecule has 0 aliphatic heterocycles. The molecule has 0 atom stereocenters. The molecule has 1 aromatic carbocycles. The van der Waals surface area contributed by atoms with Gasteiger partial charge in [-0.25, -0.2) is 0 Å². The highest BCUT2D eigenvalue weighted by molar-refractivity contribution is 6.06. The molecule has 1 aromatic heterocycles. The van der Waals surface area contributed by atoms with Crippen molar-refractivity contribution in [2.45, 2.75) is 34.6 Å². The average Bonchev–Trinajstić information content (AvgIpc) is 2.85. The van der Waals surface area contributed by atoms with Crippen LogP contribution in [0.1, 0.15) is 43.6 Å². The van der Waals surface area contributed by atoms with Gasteiger partial charge in [0.2, 0.25) is 0 Å². The summed E-state index contributed by atoms with van der Waals surface area (Å²) in [5.41, 5.74) is 2.52. The van der Waals surface area contributed by atoms with Gasteiger partial charge in [-0.15, -0.1) is 0 Å². The number of rotatable bonds is 1. The Kier molecular flexibility index (Phi) is 7.49. The third-order valence-electron chi connectivity index (χ3n) is 2.48. The van der Waals surface area contributed by atoms with Gasteiger partial charge in [-0.05, 0) is 18.6 Å². The zero-order valence-electron chi connectivity index (χ0n) is 13.0. The Morgan fingerprint density at radius 2 is 1.79 bits per heavy atom. The summed E-state index contributed by atoms with van der Waals surface area (Å²) in [5.74, 6) is -0.0984. The molecule has 0 spiro atoms. The first-order valence-electron chi connectivity index (χ1n) is 6.78. The van der Waals surface area contributed by atoms with Gasteiger partial charge in [0.1, 0.15) is 5.52 Å². The Morgan fingerprint density at radius 3 is 2.32 bits per heavy atom. The number of nitrogens with one attached hydrogen (secondary N) is 1. The molecule has 0 saturated carbocycles. The van der Waals surface area contributed by atoms with Gasteiger partial charge in [0.25, 0.3) is 5.91 Å². The number of carbonyl (C=O) groups is 1. The predicted octanol–water partition coefficient (Wildman–Crippen LogP) is 3.29. The van der Waals surface area contributed by atoms with E-state index in [1.165, 1.54) is 0 Å². The minimum Gasteiger partial charge on any atom is -0.355 e. The molecule has 1 N–H and O–H groups in total. The van der Waals surface area contributed by atoms with Gasteiger partial charge in [-0.1, -0.05) is 33.8 Å². The van der Waals surface area contributed by atoms with Crippen molar-refractivity contribution in [3.63, 3.8) is 0 Å². The monoisotopic (exact) mass is 263 g/mol. The maximum atomic E-state index is 11.6. The van der Waals surface area contributed by atoms with Crippen LogP contribution in [-0.4, -0.2) is 22.7 Å². The lowest BCUT2D eigenvalue weighted by Crippen LogP contribution is -2.18. The summed E-state index contributed by atoms with van der Waals surface area (Å²) in [5, 5.41) is 7.94. The molecule has 0 fully saturated rings. The summed E-state index contributed by atoms with van der Waals surface area (Å²) in [6.07, 6.45) is 1.93. The van der Waals surface area contributed by atoms with Gasteiger partial charge < -0.3 is 5.32 Å². The van der Waals surface area contributed by atoms with Crippen LogP contribution in [0.5, 0.6) is 0 Å². The Labute approximate surface area is 115 Å². The number of fused-ring (bicyclic) bond motifs is 1. The standard InChI is InChI=1S/C11H13N3O.2C2H6/c1-7-4-5-8(11(15)12-2)10-9(7)6-14(3)13-10;2*1-2/h4-6H,1-3H3,(H,12,15);2*1-2H3. The first kappa shape index (κ1) is 17.2. The van der Waals surface area contributed by atoms with E-state index in [0.29, 0.717) is 5.56 Å². The van der Waals surface area contributed by atoms with E-state index in [1.54, 1.807) is 11.7 Å². The molecule has 0 radical (unpaired) electrons. The number of hydrogen-bond acceptors (Lipinski definition) is 2. The van der Waals surface area contributed by atoms with Crippen LogP contribution in [0.15, 0.2) is 18.3 Å². The van der Waals surface area contributed by atoms with Gasteiger partial charge in [0, 0.05) is 25.7 Å². The van der Waals surface area contributed by atoms with Crippen molar-refractivity contribution in [1.29, 1.82) is 0 Å². The SMILES string of the molecule is CC.CC.CNC(=O)c1ccc(C)c2cn(C)nc12. The third kappa shape index (κ3) is 3.81. The Hall–Kier alpha value is -1.84. The summed E-state index contributed by atoms with van der Waals surface area (Å²) < 4.78 is 1.73. The van der Waals surface area contributed by atoms with E-state index in [2.05, 4.69) is 10.4 Å². The summed E-state index contributed by atoms with van der Waals surface area (Å²) in [6, 6.07) is 3.75. The van der Waals surface area contributed by atoms with Crippen LogP contribution in [0.4, 0.5) is 0 Å². The van der Waals surface area contributed by atoms with E-state index >= 15 is 0 Å². The predicted molar refractivity (Wildman–Crippen MR) is 81.5 cm³/mol. The summed E-state index contributed by atoms with van der Waals surface area (Å²) >= 11 is 0. The molecule has 4 heteroatoms. The van der Waals surface area contributed by atoms with E-state index in [0.717, 1.165) is 16.5 Å². The number of carbonyl (C=O) groups excluding carboxylic acids is 1. The number of hydrogen-bond donors (Lipinski definition) is 1. The highest BCUT2D eigenvalue weighted by Gasteiger charge is 2.12. The number of nitrogens with zero attached hydrogens (tertiary/aromatic N) is 2. The number of benzene rings is 1. The number of amides is 1. The number of aryl methyl sites for hydroxylation is 2. The smallest absolute Gasteiger partial charge is 0.253 e. The molecule has 0 unspecified atom stereocenters. The van der Waals surface area contributed by atoms with Crippen LogP contribution < -0.4 is 5.32 Å².